The van der Waals surface area contributed by atoms with Crippen molar-refractivity contribution in [3.8, 4) is 0 Å². The zero-order chi connectivity index (χ0) is 14.4. The molecule has 1 saturated heterocycles. The molecular formula is C17H26N2O. The highest BCUT2D eigenvalue weighted by molar-refractivity contribution is 5.76. The first-order valence-electron chi connectivity index (χ1n) is 7.70. The molecule has 1 unspecified atom stereocenters. The summed E-state index contributed by atoms with van der Waals surface area (Å²) in [5.41, 5.74) is 2.61. The maximum atomic E-state index is 12.1. The number of rotatable bonds is 5. The average molecular weight is 274 g/mol. The summed E-state index contributed by atoms with van der Waals surface area (Å²) in [6.07, 6.45) is 3.03. The van der Waals surface area contributed by atoms with Crippen molar-refractivity contribution in [2.24, 2.45) is 5.92 Å². The van der Waals surface area contributed by atoms with Gasteiger partial charge in [0.05, 0.1) is 0 Å². The smallest absolute Gasteiger partial charge is 0.223 e. The van der Waals surface area contributed by atoms with E-state index in [0.29, 0.717) is 18.2 Å². The summed E-state index contributed by atoms with van der Waals surface area (Å²) in [4.78, 5) is 14.1. The first-order chi connectivity index (χ1) is 9.66. The Morgan fingerprint density at radius 3 is 2.95 bits per heavy atom. The van der Waals surface area contributed by atoms with E-state index < -0.39 is 0 Å². The number of aryl methyl sites for hydroxylation is 1. The third kappa shape index (κ3) is 4.34. The van der Waals surface area contributed by atoms with Crippen LogP contribution in [0.15, 0.2) is 24.3 Å². The fourth-order valence-corrected chi connectivity index (χ4v) is 2.80. The number of nitrogens with zero attached hydrogens (tertiary/aromatic N) is 1. The number of carbonyl (C=O) groups excluding carboxylic acids is 1. The zero-order valence-corrected chi connectivity index (χ0v) is 12.7. The predicted molar refractivity (Wildman–Crippen MR) is 82.5 cm³/mol. The summed E-state index contributed by atoms with van der Waals surface area (Å²) in [6.45, 7) is 7.85. The van der Waals surface area contributed by atoms with Crippen molar-refractivity contribution in [2.45, 2.75) is 39.7 Å². The molecule has 0 radical (unpaired) electrons. The summed E-state index contributed by atoms with van der Waals surface area (Å²) in [5, 5.41) is 3.38. The topological polar surface area (TPSA) is 32.3 Å². The van der Waals surface area contributed by atoms with Crippen molar-refractivity contribution >= 4 is 5.91 Å². The van der Waals surface area contributed by atoms with Crippen molar-refractivity contribution < 1.29 is 4.79 Å². The van der Waals surface area contributed by atoms with Crippen LogP contribution in [0.4, 0.5) is 0 Å². The van der Waals surface area contributed by atoms with E-state index in [2.05, 4.69) is 43.4 Å². The average Bonchev–Trinajstić information content (AvgIpc) is 2.45. The van der Waals surface area contributed by atoms with Gasteiger partial charge in [-0.05, 0) is 36.8 Å². The molecule has 1 aromatic carbocycles. The van der Waals surface area contributed by atoms with Crippen LogP contribution in [0.3, 0.4) is 0 Å². The lowest BCUT2D eigenvalue weighted by Crippen LogP contribution is -2.40. The Balaban J connectivity index is 1.68. The summed E-state index contributed by atoms with van der Waals surface area (Å²) in [5.74, 6) is 0.960. The predicted octanol–water partition coefficient (Wildman–Crippen LogP) is 2.73. The van der Waals surface area contributed by atoms with Crippen molar-refractivity contribution in [1.82, 2.24) is 10.2 Å². The third-order valence-electron chi connectivity index (χ3n) is 4.10. The van der Waals surface area contributed by atoms with E-state index in [1.165, 1.54) is 17.5 Å². The van der Waals surface area contributed by atoms with Gasteiger partial charge >= 0.3 is 0 Å². The van der Waals surface area contributed by atoms with E-state index in [9.17, 15) is 4.79 Å². The lowest BCUT2D eigenvalue weighted by atomic mass is 10.00. The molecule has 0 bridgehead atoms. The number of carbonyl (C=O) groups is 1. The lowest BCUT2D eigenvalue weighted by molar-refractivity contribution is -0.132. The molecular weight excluding hydrogens is 248 g/mol. The van der Waals surface area contributed by atoms with Gasteiger partial charge in [0, 0.05) is 32.6 Å². The van der Waals surface area contributed by atoms with E-state index >= 15 is 0 Å². The number of hydrogen-bond donors (Lipinski definition) is 1. The quantitative estimate of drug-likeness (QED) is 0.837. The van der Waals surface area contributed by atoms with Gasteiger partial charge in [-0.2, -0.15) is 0 Å². The number of hydrogen-bond acceptors (Lipinski definition) is 2. The monoisotopic (exact) mass is 274 g/mol. The molecule has 1 aromatic rings. The number of benzene rings is 1. The molecule has 3 nitrogen and oxygen atoms in total. The fraction of sp³-hybridized carbons (Fsp3) is 0.588. The highest BCUT2D eigenvalue weighted by atomic mass is 16.2. The summed E-state index contributed by atoms with van der Waals surface area (Å²) < 4.78 is 0. The van der Waals surface area contributed by atoms with Crippen LogP contribution in [0.5, 0.6) is 0 Å². The number of nitrogens with one attached hydrogen (secondary N) is 1. The molecule has 3 heteroatoms. The lowest BCUT2D eigenvalue weighted by Gasteiger charge is -2.31. The van der Waals surface area contributed by atoms with Gasteiger partial charge in [0.2, 0.25) is 5.91 Å². The summed E-state index contributed by atoms with van der Waals surface area (Å²) >= 11 is 0. The molecule has 0 spiro atoms. The molecule has 1 amide bonds. The van der Waals surface area contributed by atoms with Gasteiger partial charge in [-0.1, -0.05) is 31.2 Å². The van der Waals surface area contributed by atoms with E-state index in [-0.39, 0.29) is 0 Å². The molecule has 1 atom stereocenters. The van der Waals surface area contributed by atoms with Gasteiger partial charge < -0.3 is 10.2 Å². The van der Waals surface area contributed by atoms with Crippen LogP contribution in [-0.4, -0.2) is 30.4 Å². The Bertz CT molecular complexity index is 444. The molecule has 20 heavy (non-hydrogen) atoms. The summed E-state index contributed by atoms with van der Waals surface area (Å²) in [6, 6.07) is 8.37. The van der Waals surface area contributed by atoms with Crippen LogP contribution < -0.4 is 5.32 Å². The fourth-order valence-electron chi connectivity index (χ4n) is 2.80. The zero-order valence-electron chi connectivity index (χ0n) is 12.7. The Kier molecular flexibility index (Phi) is 5.60. The van der Waals surface area contributed by atoms with Gasteiger partial charge in [0.25, 0.3) is 0 Å². The highest BCUT2D eigenvalue weighted by Crippen LogP contribution is 2.16. The SMILES string of the molecule is Cc1ccccc1CNCCC(=O)N1CCCC(C)C1. The minimum absolute atomic E-state index is 0.300. The maximum Gasteiger partial charge on any atom is 0.223 e. The normalized spacial score (nSPS) is 19.1. The van der Waals surface area contributed by atoms with Crippen molar-refractivity contribution in [3.05, 3.63) is 35.4 Å². The van der Waals surface area contributed by atoms with Crippen LogP contribution >= 0.6 is 0 Å². The van der Waals surface area contributed by atoms with E-state index in [1.54, 1.807) is 0 Å². The van der Waals surface area contributed by atoms with E-state index in [4.69, 9.17) is 0 Å². The molecule has 1 aliphatic heterocycles. The van der Waals surface area contributed by atoms with Gasteiger partial charge in [0.1, 0.15) is 0 Å². The largest absolute Gasteiger partial charge is 0.342 e. The Hall–Kier alpha value is -1.35. The molecule has 0 saturated carbocycles. The summed E-state index contributed by atoms with van der Waals surface area (Å²) in [7, 11) is 0. The van der Waals surface area contributed by atoms with Crippen molar-refractivity contribution in [1.29, 1.82) is 0 Å². The number of likely N-dealkylation sites (tertiary alicyclic amines) is 1. The molecule has 0 aromatic heterocycles. The van der Waals surface area contributed by atoms with Gasteiger partial charge in [-0.15, -0.1) is 0 Å². The number of piperidine rings is 1. The van der Waals surface area contributed by atoms with Crippen LogP contribution in [0.2, 0.25) is 0 Å². The molecule has 2 rings (SSSR count). The Morgan fingerprint density at radius 2 is 2.20 bits per heavy atom. The highest BCUT2D eigenvalue weighted by Gasteiger charge is 2.20. The molecule has 1 fully saturated rings. The molecule has 110 valence electrons. The van der Waals surface area contributed by atoms with Gasteiger partial charge in [0.15, 0.2) is 0 Å². The molecule has 1 heterocycles. The molecule has 1 aliphatic rings. The second-order valence-electron chi connectivity index (χ2n) is 5.94. The Morgan fingerprint density at radius 1 is 1.40 bits per heavy atom. The van der Waals surface area contributed by atoms with E-state index in [0.717, 1.165) is 32.6 Å². The van der Waals surface area contributed by atoms with Crippen LogP contribution in [0, 0.1) is 12.8 Å². The van der Waals surface area contributed by atoms with Crippen LogP contribution in [-0.2, 0) is 11.3 Å². The van der Waals surface area contributed by atoms with Crippen molar-refractivity contribution in [3.63, 3.8) is 0 Å². The first-order valence-corrected chi connectivity index (χ1v) is 7.70. The first kappa shape index (κ1) is 15.0. The van der Waals surface area contributed by atoms with Gasteiger partial charge in [-0.25, -0.2) is 0 Å². The number of amides is 1. The molecule has 0 aliphatic carbocycles. The Labute approximate surface area is 122 Å². The minimum atomic E-state index is 0.300. The standard InChI is InChI=1S/C17H26N2O/c1-14-6-5-11-19(13-14)17(20)9-10-18-12-16-8-4-3-7-15(16)2/h3-4,7-8,14,18H,5-6,9-13H2,1-2H3. The third-order valence-corrected chi connectivity index (χ3v) is 4.10. The second-order valence-corrected chi connectivity index (χ2v) is 5.94. The van der Waals surface area contributed by atoms with E-state index in [1.807, 2.05) is 4.90 Å². The van der Waals surface area contributed by atoms with Crippen LogP contribution in [0.1, 0.15) is 37.3 Å². The second kappa shape index (κ2) is 7.44. The van der Waals surface area contributed by atoms with Crippen molar-refractivity contribution in [2.75, 3.05) is 19.6 Å². The maximum absolute atomic E-state index is 12.1. The van der Waals surface area contributed by atoms with Crippen LogP contribution in [0.25, 0.3) is 0 Å². The molecule has 1 N–H and O–H groups in total. The van der Waals surface area contributed by atoms with Gasteiger partial charge in [-0.3, -0.25) is 4.79 Å². The minimum Gasteiger partial charge on any atom is -0.342 e.